The van der Waals surface area contributed by atoms with Crippen LogP contribution in [0.5, 0.6) is 0 Å². The minimum atomic E-state index is 0.653. The number of rotatable bonds is 3. The number of anilines is 1. The summed E-state index contributed by atoms with van der Waals surface area (Å²) < 4.78 is 0. The second-order valence-corrected chi connectivity index (χ2v) is 5.56. The van der Waals surface area contributed by atoms with Crippen molar-refractivity contribution in [2.45, 2.75) is 19.8 Å². The lowest BCUT2D eigenvalue weighted by molar-refractivity contribution is 1.02. The third kappa shape index (κ3) is 2.31. The third-order valence-corrected chi connectivity index (χ3v) is 4.12. The summed E-state index contributed by atoms with van der Waals surface area (Å²) in [6, 6.07) is 10.4. The van der Waals surface area contributed by atoms with E-state index in [0.29, 0.717) is 5.13 Å². The summed E-state index contributed by atoms with van der Waals surface area (Å²) in [5, 5.41) is 1.83. The first kappa shape index (κ1) is 12.1. The Balaban J connectivity index is 2.05. The second kappa shape index (κ2) is 4.97. The van der Waals surface area contributed by atoms with Gasteiger partial charge in [-0.2, -0.15) is 0 Å². The zero-order valence-electron chi connectivity index (χ0n) is 10.8. The Kier molecular flexibility index (Phi) is 3.17. The van der Waals surface area contributed by atoms with Gasteiger partial charge < -0.3 is 5.73 Å². The highest BCUT2D eigenvalue weighted by molar-refractivity contribution is 7.15. The standard InChI is InChI=1S/C15H15N3S/c1-2-12-13(19-15(16)18-12)9-11-6-3-5-10-7-4-8-17-14(10)11/h3-8H,2,9H2,1H3,(H2,16,18). The van der Waals surface area contributed by atoms with Gasteiger partial charge in [0.25, 0.3) is 0 Å². The van der Waals surface area contributed by atoms with Gasteiger partial charge in [-0.25, -0.2) is 4.98 Å². The summed E-state index contributed by atoms with van der Waals surface area (Å²) in [6.07, 6.45) is 3.61. The molecule has 2 aromatic heterocycles. The van der Waals surface area contributed by atoms with Gasteiger partial charge in [0, 0.05) is 22.9 Å². The van der Waals surface area contributed by atoms with Crippen LogP contribution in [0.1, 0.15) is 23.1 Å². The van der Waals surface area contributed by atoms with Crippen molar-refractivity contribution in [3.8, 4) is 0 Å². The number of para-hydroxylation sites is 1. The molecule has 0 unspecified atom stereocenters. The number of aryl methyl sites for hydroxylation is 1. The summed E-state index contributed by atoms with van der Waals surface area (Å²) in [5.74, 6) is 0. The number of benzene rings is 1. The van der Waals surface area contributed by atoms with Gasteiger partial charge in [0.15, 0.2) is 5.13 Å². The highest BCUT2D eigenvalue weighted by Gasteiger charge is 2.10. The number of nitrogens with zero attached hydrogens (tertiary/aromatic N) is 2. The van der Waals surface area contributed by atoms with Crippen LogP contribution in [0.2, 0.25) is 0 Å². The maximum absolute atomic E-state index is 5.81. The van der Waals surface area contributed by atoms with Gasteiger partial charge in [-0.3, -0.25) is 4.98 Å². The van der Waals surface area contributed by atoms with E-state index in [9.17, 15) is 0 Å². The van der Waals surface area contributed by atoms with Crippen LogP contribution in [-0.2, 0) is 12.8 Å². The molecule has 0 spiro atoms. The highest BCUT2D eigenvalue weighted by Crippen LogP contribution is 2.26. The van der Waals surface area contributed by atoms with Crippen LogP contribution in [0.4, 0.5) is 5.13 Å². The van der Waals surface area contributed by atoms with Gasteiger partial charge in [-0.1, -0.05) is 31.2 Å². The number of nitrogen functional groups attached to an aromatic ring is 1. The SMILES string of the molecule is CCc1nc(N)sc1Cc1cccc2cccnc12. The van der Waals surface area contributed by atoms with Crippen LogP contribution in [0.15, 0.2) is 36.5 Å². The summed E-state index contributed by atoms with van der Waals surface area (Å²) in [5.41, 5.74) is 9.22. The third-order valence-electron chi connectivity index (χ3n) is 3.20. The molecule has 19 heavy (non-hydrogen) atoms. The van der Waals surface area contributed by atoms with E-state index in [1.807, 2.05) is 12.3 Å². The summed E-state index contributed by atoms with van der Waals surface area (Å²) in [4.78, 5) is 10.1. The smallest absolute Gasteiger partial charge is 0.180 e. The van der Waals surface area contributed by atoms with E-state index in [1.54, 1.807) is 11.3 Å². The van der Waals surface area contributed by atoms with Crippen molar-refractivity contribution in [1.29, 1.82) is 0 Å². The molecule has 3 rings (SSSR count). The lowest BCUT2D eigenvalue weighted by Crippen LogP contribution is -1.93. The summed E-state index contributed by atoms with van der Waals surface area (Å²) in [6.45, 7) is 2.11. The average Bonchev–Trinajstić information content (AvgIpc) is 2.79. The van der Waals surface area contributed by atoms with Gasteiger partial charge in [0.2, 0.25) is 0 Å². The molecule has 0 aliphatic rings. The van der Waals surface area contributed by atoms with Crippen LogP contribution in [0.25, 0.3) is 10.9 Å². The first-order valence-electron chi connectivity index (χ1n) is 6.34. The van der Waals surface area contributed by atoms with Gasteiger partial charge in [-0.15, -0.1) is 11.3 Å². The van der Waals surface area contributed by atoms with Gasteiger partial charge in [-0.05, 0) is 18.1 Å². The molecule has 0 bridgehead atoms. The van der Waals surface area contributed by atoms with Crippen molar-refractivity contribution in [3.63, 3.8) is 0 Å². The van der Waals surface area contributed by atoms with Crippen LogP contribution in [-0.4, -0.2) is 9.97 Å². The molecule has 0 amide bonds. The zero-order chi connectivity index (χ0) is 13.2. The molecule has 0 fully saturated rings. The monoisotopic (exact) mass is 269 g/mol. The summed E-state index contributed by atoms with van der Waals surface area (Å²) in [7, 11) is 0. The molecular weight excluding hydrogens is 254 g/mol. The summed E-state index contributed by atoms with van der Waals surface area (Å²) >= 11 is 1.58. The van der Waals surface area contributed by atoms with E-state index >= 15 is 0 Å². The van der Waals surface area contributed by atoms with E-state index in [2.05, 4.69) is 41.2 Å². The fourth-order valence-corrected chi connectivity index (χ4v) is 3.24. The predicted molar refractivity (Wildman–Crippen MR) is 80.5 cm³/mol. The fraction of sp³-hybridized carbons (Fsp3) is 0.200. The van der Waals surface area contributed by atoms with Crippen molar-refractivity contribution < 1.29 is 0 Å². The molecule has 0 saturated heterocycles. The molecule has 2 N–H and O–H groups in total. The van der Waals surface area contributed by atoms with Gasteiger partial charge in [0.05, 0.1) is 11.2 Å². The zero-order valence-corrected chi connectivity index (χ0v) is 11.6. The van der Waals surface area contributed by atoms with Crippen molar-refractivity contribution >= 4 is 27.4 Å². The molecule has 0 radical (unpaired) electrons. The van der Waals surface area contributed by atoms with Crippen molar-refractivity contribution in [2.24, 2.45) is 0 Å². The Morgan fingerprint density at radius 2 is 2.05 bits per heavy atom. The number of pyridine rings is 1. The van der Waals surface area contributed by atoms with Crippen molar-refractivity contribution in [2.75, 3.05) is 5.73 Å². The number of thiazole rings is 1. The topological polar surface area (TPSA) is 51.8 Å². The molecule has 4 heteroatoms. The Morgan fingerprint density at radius 3 is 2.89 bits per heavy atom. The quantitative estimate of drug-likeness (QED) is 0.792. The van der Waals surface area contributed by atoms with E-state index in [-0.39, 0.29) is 0 Å². The Morgan fingerprint density at radius 1 is 1.21 bits per heavy atom. The predicted octanol–water partition coefficient (Wildman–Crippen LogP) is 3.43. The Labute approximate surface area is 116 Å². The van der Waals surface area contributed by atoms with E-state index in [0.717, 1.165) is 24.1 Å². The number of aromatic nitrogens is 2. The number of hydrogen-bond donors (Lipinski definition) is 1. The molecule has 3 nitrogen and oxygen atoms in total. The fourth-order valence-electron chi connectivity index (χ4n) is 2.30. The van der Waals surface area contributed by atoms with Gasteiger partial charge in [0.1, 0.15) is 0 Å². The Bertz CT molecular complexity index is 713. The minimum Gasteiger partial charge on any atom is -0.375 e. The van der Waals surface area contributed by atoms with E-state index < -0.39 is 0 Å². The van der Waals surface area contributed by atoms with Crippen molar-refractivity contribution in [1.82, 2.24) is 9.97 Å². The maximum Gasteiger partial charge on any atom is 0.180 e. The molecule has 0 saturated carbocycles. The number of nitrogens with two attached hydrogens (primary N) is 1. The molecule has 0 aliphatic carbocycles. The first-order chi connectivity index (χ1) is 9.28. The highest BCUT2D eigenvalue weighted by atomic mass is 32.1. The van der Waals surface area contributed by atoms with Gasteiger partial charge >= 0.3 is 0 Å². The lowest BCUT2D eigenvalue weighted by atomic mass is 10.1. The largest absolute Gasteiger partial charge is 0.375 e. The first-order valence-corrected chi connectivity index (χ1v) is 7.16. The van der Waals surface area contributed by atoms with E-state index in [4.69, 9.17) is 5.73 Å². The lowest BCUT2D eigenvalue weighted by Gasteiger charge is -2.05. The average molecular weight is 269 g/mol. The molecular formula is C15H15N3S. The minimum absolute atomic E-state index is 0.653. The van der Waals surface area contributed by atoms with Crippen LogP contribution < -0.4 is 5.73 Å². The molecule has 96 valence electrons. The molecule has 1 aromatic carbocycles. The van der Waals surface area contributed by atoms with E-state index in [1.165, 1.54) is 15.8 Å². The molecule has 0 atom stereocenters. The number of hydrogen-bond acceptors (Lipinski definition) is 4. The second-order valence-electron chi connectivity index (χ2n) is 4.44. The maximum atomic E-state index is 5.81. The van der Waals surface area contributed by atoms with Crippen LogP contribution in [0.3, 0.4) is 0 Å². The van der Waals surface area contributed by atoms with Crippen LogP contribution >= 0.6 is 11.3 Å². The molecule has 3 aromatic rings. The molecule has 0 aliphatic heterocycles. The van der Waals surface area contributed by atoms with Crippen LogP contribution in [0, 0.1) is 0 Å². The Hall–Kier alpha value is -1.94. The number of fused-ring (bicyclic) bond motifs is 1. The van der Waals surface area contributed by atoms with Crippen molar-refractivity contribution in [3.05, 3.63) is 52.7 Å². The molecule has 2 heterocycles. The normalized spacial score (nSPS) is 11.0.